The molecule has 0 saturated carbocycles. The molecule has 0 amide bonds. The molecule has 0 aliphatic carbocycles. The van der Waals surface area contributed by atoms with Crippen LogP contribution in [0.2, 0.25) is 0 Å². The summed E-state index contributed by atoms with van der Waals surface area (Å²) >= 11 is 2.46. The predicted molar refractivity (Wildman–Crippen MR) is 60.1 cm³/mol. The molecular weight excluding hydrogens is 214 g/mol. The standard InChI is InChI=1S/C9H9N3S2/c1-6-3-2-4-7(5-6)8-11-9(13-10)14-12-8/h2-5H,10H2,1H3. The van der Waals surface area contributed by atoms with E-state index in [2.05, 4.69) is 28.4 Å². The van der Waals surface area contributed by atoms with Crippen LogP contribution in [0.5, 0.6) is 0 Å². The first-order valence-corrected chi connectivity index (χ1v) is 5.72. The van der Waals surface area contributed by atoms with Crippen LogP contribution in [0, 0.1) is 6.92 Å². The topological polar surface area (TPSA) is 51.8 Å². The monoisotopic (exact) mass is 223 g/mol. The highest BCUT2D eigenvalue weighted by atomic mass is 32.2. The van der Waals surface area contributed by atoms with Crippen LogP contribution in [0.25, 0.3) is 11.4 Å². The molecule has 72 valence electrons. The van der Waals surface area contributed by atoms with Crippen molar-refractivity contribution in [3.05, 3.63) is 29.8 Å². The fourth-order valence-corrected chi connectivity index (χ4v) is 2.02. The van der Waals surface area contributed by atoms with Crippen LogP contribution in [-0.4, -0.2) is 9.36 Å². The Balaban J connectivity index is 2.39. The van der Waals surface area contributed by atoms with E-state index in [9.17, 15) is 0 Å². The second-order valence-corrected chi connectivity index (χ2v) is 4.50. The van der Waals surface area contributed by atoms with Crippen molar-refractivity contribution in [3.8, 4) is 11.4 Å². The van der Waals surface area contributed by atoms with Gasteiger partial charge in [0.05, 0.1) is 0 Å². The van der Waals surface area contributed by atoms with Crippen molar-refractivity contribution < 1.29 is 0 Å². The zero-order valence-corrected chi connectivity index (χ0v) is 9.23. The third-order valence-electron chi connectivity index (χ3n) is 1.78. The molecule has 2 aromatic rings. The van der Waals surface area contributed by atoms with E-state index in [4.69, 9.17) is 5.14 Å². The number of hydrogen-bond donors (Lipinski definition) is 1. The molecule has 0 aliphatic heterocycles. The smallest absolute Gasteiger partial charge is 0.185 e. The lowest BCUT2D eigenvalue weighted by atomic mass is 10.1. The first kappa shape index (κ1) is 9.64. The first-order valence-electron chi connectivity index (χ1n) is 4.07. The van der Waals surface area contributed by atoms with Crippen molar-refractivity contribution in [2.24, 2.45) is 5.14 Å². The van der Waals surface area contributed by atoms with Gasteiger partial charge in [0, 0.05) is 5.56 Å². The normalized spacial score (nSPS) is 10.4. The summed E-state index contributed by atoms with van der Waals surface area (Å²) in [5, 5.41) is 5.40. The molecule has 0 atom stereocenters. The molecule has 1 heterocycles. The maximum Gasteiger partial charge on any atom is 0.185 e. The highest BCUT2D eigenvalue weighted by molar-refractivity contribution is 7.98. The van der Waals surface area contributed by atoms with Crippen molar-refractivity contribution in [2.45, 2.75) is 11.3 Å². The third kappa shape index (κ3) is 1.95. The Morgan fingerprint density at radius 1 is 1.43 bits per heavy atom. The molecule has 1 aromatic carbocycles. The number of rotatable bonds is 2. The quantitative estimate of drug-likeness (QED) is 0.795. The van der Waals surface area contributed by atoms with Gasteiger partial charge in [-0.2, -0.15) is 4.37 Å². The lowest BCUT2D eigenvalue weighted by Gasteiger charge is -1.95. The Labute approximate surface area is 90.7 Å². The van der Waals surface area contributed by atoms with Crippen LogP contribution < -0.4 is 5.14 Å². The average Bonchev–Trinajstić information content (AvgIpc) is 2.66. The van der Waals surface area contributed by atoms with E-state index < -0.39 is 0 Å². The molecule has 1 aromatic heterocycles. The third-order valence-corrected chi connectivity index (χ3v) is 3.10. The van der Waals surface area contributed by atoms with E-state index in [0.717, 1.165) is 27.7 Å². The van der Waals surface area contributed by atoms with Crippen LogP contribution in [-0.2, 0) is 0 Å². The molecule has 0 bridgehead atoms. The fraction of sp³-hybridized carbons (Fsp3) is 0.111. The summed E-state index contributed by atoms with van der Waals surface area (Å²) in [5.41, 5.74) is 2.25. The van der Waals surface area contributed by atoms with Gasteiger partial charge in [-0.05, 0) is 36.5 Å². The van der Waals surface area contributed by atoms with Gasteiger partial charge in [0.2, 0.25) is 0 Å². The van der Waals surface area contributed by atoms with Crippen LogP contribution >= 0.6 is 23.5 Å². The molecular formula is C9H9N3S2. The van der Waals surface area contributed by atoms with Crippen molar-refractivity contribution >= 4 is 23.5 Å². The minimum atomic E-state index is 0.756. The molecule has 0 spiro atoms. The summed E-state index contributed by atoms with van der Waals surface area (Å²) in [7, 11) is 0. The summed E-state index contributed by atoms with van der Waals surface area (Å²) in [6.45, 7) is 2.05. The van der Waals surface area contributed by atoms with Crippen LogP contribution in [0.15, 0.2) is 28.6 Å². The van der Waals surface area contributed by atoms with Crippen molar-refractivity contribution in [2.75, 3.05) is 0 Å². The molecule has 0 aliphatic rings. The number of nitrogens with zero attached hydrogens (tertiary/aromatic N) is 2. The summed E-state index contributed by atoms with van der Waals surface area (Å²) in [4.78, 5) is 4.29. The summed E-state index contributed by atoms with van der Waals surface area (Å²) in [5.74, 6) is 0.756. The van der Waals surface area contributed by atoms with Gasteiger partial charge in [-0.1, -0.05) is 23.8 Å². The summed E-state index contributed by atoms with van der Waals surface area (Å²) in [6.07, 6.45) is 0. The zero-order chi connectivity index (χ0) is 9.97. The van der Waals surface area contributed by atoms with Crippen molar-refractivity contribution in [1.82, 2.24) is 9.36 Å². The van der Waals surface area contributed by atoms with Crippen LogP contribution in [0.1, 0.15) is 5.56 Å². The van der Waals surface area contributed by atoms with E-state index in [0.29, 0.717) is 0 Å². The molecule has 0 saturated heterocycles. The minimum absolute atomic E-state index is 0.756. The predicted octanol–water partition coefficient (Wildman–Crippen LogP) is 2.48. The van der Waals surface area contributed by atoms with E-state index in [1.54, 1.807) is 0 Å². The van der Waals surface area contributed by atoms with Crippen molar-refractivity contribution in [1.29, 1.82) is 0 Å². The Kier molecular flexibility index (Phi) is 2.81. The van der Waals surface area contributed by atoms with Gasteiger partial charge in [0.15, 0.2) is 10.2 Å². The second-order valence-electron chi connectivity index (χ2n) is 2.87. The van der Waals surface area contributed by atoms with Gasteiger partial charge < -0.3 is 0 Å². The van der Waals surface area contributed by atoms with Gasteiger partial charge in [-0.15, -0.1) is 0 Å². The Hall–Kier alpha value is -0.910. The number of benzene rings is 1. The zero-order valence-electron chi connectivity index (χ0n) is 7.60. The first-order chi connectivity index (χ1) is 6.79. The fourth-order valence-electron chi connectivity index (χ4n) is 1.16. The Morgan fingerprint density at radius 2 is 2.29 bits per heavy atom. The summed E-state index contributed by atoms with van der Waals surface area (Å²) < 4.78 is 5.02. The highest BCUT2D eigenvalue weighted by Crippen LogP contribution is 2.22. The number of aromatic nitrogens is 2. The Morgan fingerprint density at radius 3 is 2.93 bits per heavy atom. The maximum atomic E-state index is 5.40. The van der Waals surface area contributed by atoms with Crippen molar-refractivity contribution in [3.63, 3.8) is 0 Å². The lowest BCUT2D eigenvalue weighted by Crippen LogP contribution is -1.82. The summed E-state index contributed by atoms with van der Waals surface area (Å²) in [6, 6.07) is 8.11. The van der Waals surface area contributed by atoms with E-state index in [1.807, 2.05) is 12.1 Å². The molecule has 2 rings (SSSR count). The molecule has 0 fully saturated rings. The molecule has 2 N–H and O–H groups in total. The molecule has 3 nitrogen and oxygen atoms in total. The molecule has 0 radical (unpaired) electrons. The SMILES string of the molecule is Cc1cccc(-c2nsc(SN)n2)c1. The van der Waals surface area contributed by atoms with Crippen LogP contribution in [0.4, 0.5) is 0 Å². The van der Waals surface area contributed by atoms with Gasteiger partial charge in [0.25, 0.3) is 0 Å². The van der Waals surface area contributed by atoms with E-state index >= 15 is 0 Å². The minimum Gasteiger partial charge on any atom is -0.272 e. The Bertz CT molecular complexity index is 439. The highest BCUT2D eigenvalue weighted by Gasteiger charge is 2.05. The van der Waals surface area contributed by atoms with Gasteiger partial charge in [-0.25, -0.2) is 4.98 Å². The second kappa shape index (κ2) is 4.08. The number of aryl methyl sites for hydroxylation is 1. The number of nitrogens with two attached hydrogens (primary N) is 1. The van der Waals surface area contributed by atoms with E-state index in [-0.39, 0.29) is 0 Å². The largest absolute Gasteiger partial charge is 0.272 e. The molecule has 0 unspecified atom stereocenters. The van der Waals surface area contributed by atoms with Gasteiger partial charge >= 0.3 is 0 Å². The molecule has 5 heteroatoms. The van der Waals surface area contributed by atoms with Gasteiger partial charge in [0.1, 0.15) is 0 Å². The lowest BCUT2D eigenvalue weighted by molar-refractivity contribution is 1.22. The number of hydrogen-bond acceptors (Lipinski definition) is 5. The van der Waals surface area contributed by atoms with E-state index in [1.165, 1.54) is 17.1 Å². The van der Waals surface area contributed by atoms with Crippen LogP contribution in [0.3, 0.4) is 0 Å². The van der Waals surface area contributed by atoms with Gasteiger partial charge in [-0.3, -0.25) is 5.14 Å². The molecule has 14 heavy (non-hydrogen) atoms. The maximum absolute atomic E-state index is 5.40. The average molecular weight is 223 g/mol.